The number of hydrogen-bond donors (Lipinski definition) is 5. The van der Waals surface area contributed by atoms with Crippen molar-refractivity contribution in [1.29, 1.82) is 0 Å². The number of guanidine groups is 1. The van der Waals surface area contributed by atoms with Gasteiger partial charge in [-0.05, 0) is 42.9 Å². The fourth-order valence-electron chi connectivity index (χ4n) is 2.87. The van der Waals surface area contributed by atoms with Gasteiger partial charge in [0.15, 0.2) is 5.96 Å². The molecule has 1 aromatic carbocycles. The number of fused-ring (bicyclic) bond motifs is 1. The monoisotopic (exact) mass is 446 g/mol. The van der Waals surface area contributed by atoms with Gasteiger partial charge in [-0.15, -0.1) is 0 Å². The van der Waals surface area contributed by atoms with Crippen LogP contribution in [0.25, 0.3) is 0 Å². The molecule has 31 heavy (non-hydrogen) atoms. The number of carboxylic acids is 2. The van der Waals surface area contributed by atoms with E-state index in [2.05, 4.69) is 10.3 Å². The Hall–Kier alpha value is -3.31. The van der Waals surface area contributed by atoms with Crippen LogP contribution in [0.1, 0.15) is 36.8 Å². The maximum Gasteiger partial charge on any atom is 0.490 e. The number of nitrogens with zero attached hydrogens (tertiary/aromatic N) is 1. The van der Waals surface area contributed by atoms with Crippen molar-refractivity contribution in [2.45, 2.75) is 44.7 Å². The number of alkyl halides is 3. The highest BCUT2D eigenvalue weighted by molar-refractivity contribution is 5.97. The molecule has 9 nitrogen and oxygen atoms in total. The van der Waals surface area contributed by atoms with Crippen LogP contribution in [0.4, 0.5) is 18.9 Å². The van der Waals surface area contributed by atoms with Gasteiger partial charge in [0.05, 0.1) is 12.3 Å². The van der Waals surface area contributed by atoms with Gasteiger partial charge in [-0.1, -0.05) is 18.6 Å². The highest BCUT2D eigenvalue weighted by Crippen LogP contribution is 2.28. The molecule has 0 saturated carbocycles. The Morgan fingerprint density at radius 1 is 1.16 bits per heavy atom. The van der Waals surface area contributed by atoms with Crippen LogP contribution in [-0.4, -0.2) is 46.7 Å². The number of amides is 1. The van der Waals surface area contributed by atoms with E-state index in [9.17, 15) is 22.8 Å². The Kier molecular flexibility index (Phi) is 9.77. The second kappa shape index (κ2) is 11.8. The summed E-state index contributed by atoms with van der Waals surface area (Å²) >= 11 is 0. The van der Waals surface area contributed by atoms with E-state index >= 15 is 0 Å². The van der Waals surface area contributed by atoms with Crippen LogP contribution in [0.15, 0.2) is 23.2 Å². The summed E-state index contributed by atoms with van der Waals surface area (Å²) in [5.41, 5.74) is 13.5. The SMILES string of the molecule is NC(N)=NCCCCCc1ccc2c(c1)NC(=O)C(CC(=O)O)C2.O=C(O)C(F)(F)F. The van der Waals surface area contributed by atoms with Crippen LogP contribution in [0.2, 0.25) is 0 Å². The standard InChI is InChI=1S/C17H24N4O3.C2HF3O2/c18-17(19)20-7-3-1-2-4-11-5-6-12-9-13(10-15(22)23)16(24)21-14(12)8-11;3-2(4,5)1(6)7/h5-6,8,13H,1-4,7,9-10H2,(H,21,24)(H,22,23)(H4,18,19,20);(H,6,7). The van der Waals surface area contributed by atoms with Crippen molar-refractivity contribution in [3.8, 4) is 0 Å². The number of hydrogen-bond acceptors (Lipinski definition) is 4. The van der Waals surface area contributed by atoms with Gasteiger partial charge in [0.1, 0.15) is 0 Å². The molecule has 1 aromatic rings. The molecule has 0 fully saturated rings. The predicted molar refractivity (Wildman–Crippen MR) is 106 cm³/mol. The third-order valence-corrected chi connectivity index (χ3v) is 4.35. The molecule has 2 rings (SSSR count). The molecular weight excluding hydrogens is 421 g/mol. The van der Waals surface area contributed by atoms with E-state index in [0.717, 1.165) is 42.5 Å². The summed E-state index contributed by atoms with van der Waals surface area (Å²) in [5.74, 6) is -4.28. The summed E-state index contributed by atoms with van der Waals surface area (Å²) < 4.78 is 31.7. The average molecular weight is 446 g/mol. The zero-order valence-electron chi connectivity index (χ0n) is 16.6. The van der Waals surface area contributed by atoms with Crippen LogP contribution < -0.4 is 16.8 Å². The molecule has 12 heteroatoms. The van der Waals surface area contributed by atoms with Crippen LogP contribution in [0.5, 0.6) is 0 Å². The quantitative estimate of drug-likeness (QED) is 0.231. The number of nitrogens with two attached hydrogens (primary N) is 2. The number of aliphatic imine (C=N–C) groups is 1. The average Bonchev–Trinajstić information content (AvgIpc) is 2.64. The summed E-state index contributed by atoms with van der Waals surface area (Å²) in [6.45, 7) is 0.646. The second-order valence-electron chi connectivity index (χ2n) is 6.90. The molecular formula is C19H25F3N4O5. The molecule has 1 aliphatic heterocycles. The van der Waals surface area contributed by atoms with Crippen molar-refractivity contribution in [1.82, 2.24) is 0 Å². The number of aryl methyl sites for hydroxylation is 1. The Balaban J connectivity index is 0.000000592. The number of carbonyl (C=O) groups is 3. The van der Waals surface area contributed by atoms with E-state index in [0.29, 0.717) is 13.0 Å². The topological polar surface area (TPSA) is 168 Å². The number of anilines is 1. The van der Waals surface area contributed by atoms with Crippen molar-refractivity contribution >= 4 is 29.5 Å². The molecule has 0 aromatic heterocycles. The second-order valence-corrected chi connectivity index (χ2v) is 6.90. The number of aliphatic carboxylic acids is 2. The lowest BCUT2D eigenvalue weighted by atomic mass is 9.89. The summed E-state index contributed by atoms with van der Waals surface area (Å²) in [7, 11) is 0. The molecule has 1 unspecified atom stereocenters. The highest BCUT2D eigenvalue weighted by atomic mass is 19.4. The molecule has 1 atom stereocenters. The molecule has 0 spiro atoms. The number of unbranched alkanes of at least 4 members (excludes halogenated alkanes) is 2. The smallest absolute Gasteiger partial charge is 0.481 e. The number of nitrogens with one attached hydrogen (secondary N) is 1. The molecule has 0 aliphatic carbocycles. The van der Waals surface area contributed by atoms with Gasteiger partial charge < -0.3 is 27.0 Å². The molecule has 1 heterocycles. The summed E-state index contributed by atoms with van der Waals surface area (Å²) in [5, 5.41) is 18.8. The van der Waals surface area contributed by atoms with Gasteiger partial charge in [-0.3, -0.25) is 14.6 Å². The number of benzene rings is 1. The van der Waals surface area contributed by atoms with Gasteiger partial charge in [-0.25, -0.2) is 4.79 Å². The highest BCUT2D eigenvalue weighted by Gasteiger charge is 2.38. The van der Waals surface area contributed by atoms with Crippen molar-refractivity contribution < 1.29 is 37.8 Å². The Morgan fingerprint density at radius 2 is 1.81 bits per heavy atom. The van der Waals surface area contributed by atoms with Crippen LogP contribution in [0, 0.1) is 5.92 Å². The maximum absolute atomic E-state index is 12.0. The van der Waals surface area contributed by atoms with Crippen molar-refractivity contribution in [2.75, 3.05) is 11.9 Å². The van der Waals surface area contributed by atoms with Crippen molar-refractivity contribution in [3.05, 3.63) is 29.3 Å². The maximum atomic E-state index is 12.0. The first-order chi connectivity index (χ1) is 14.4. The summed E-state index contributed by atoms with van der Waals surface area (Å²) in [6.07, 6.45) is -0.829. The molecule has 0 bridgehead atoms. The van der Waals surface area contributed by atoms with E-state index in [1.165, 1.54) is 0 Å². The van der Waals surface area contributed by atoms with Crippen molar-refractivity contribution in [3.63, 3.8) is 0 Å². The molecule has 0 radical (unpaired) electrons. The minimum atomic E-state index is -5.08. The molecule has 1 amide bonds. The van der Waals surface area contributed by atoms with E-state index < -0.39 is 24.0 Å². The molecule has 7 N–H and O–H groups in total. The fourth-order valence-corrected chi connectivity index (χ4v) is 2.87. The summed E-state index contributed by atoms with van der Waals surface area (Å²) in [4.78, 5) is 35.6. The normalized spacial score (nSPS) is 15.1. The lowest BCUT2D eigenvalue weighted by molar-refractivity contribution is -0.192. The van der Waals surface area contributed by atoms with E-state index in [1.807, 2.05) is 18.2 Å². The fraction of sp³-hybridized carbons (Fsp3) is 0.474. The first-order valence-electron chi connectivity index (χ1n) is 9.40. The van der Waals surface area contributed by atoms with Crippen LogP contribution >= 0.6 is 0 Å². The largest absolute Gasteiger partial charge is 0.490 e. The van der Waals surface area contributed by atoms with E-state index in [4.69, 9.17) is 26.5 Å². The number of halogens is 3. The molecule has 1 aliphatic rings. The Bertz CT molecular complexity index is 823. The first-order valence-corrected chi connectivity index (χ1v) is 9.40. The lowest BCUT2D eigenvalue weighted by Gasteiger charge is -2.24. The summed E-state index contributed by atoms with van der Waals surface area (Å²) in [6, 6.07) is 6.02. The third kappa shape index (κ3) is 9.83. The van der Waals surface area contributed by atoms with Gasteiger partial charge in [0.25, 0.3) is 0 Å². The minimum Gasteiger partial charge on any atom is -0.481 e. The minimum absolute atomic E-state index is 0.127. The van der Waals surface area contributed by atoms with Gasteiger partial charge in [-0.2, -0.15) is 13.2 Å². The van der Waals surface area contributed by atoms with Crippen molar-refractivity contribution in [2.24, 2.45) is 22.4 Å². The zero-order chi connectivity index (χ0) is 23.6. The Morgan fingerprint density at radius 3 is 2.35 bits per heavy atom. The lowest BCUT2D eigenvalue weighted by Crippen LogP contribution is -2.31. The Labute approximate surface area is 176 Å². The number of carboxylic acid groups (broad SMARTS) is 2. The van der Waals surface area contributed by atoms with E-state index in [-0.39, 0.29) is 18.3 Å². The van der Waals surface area contributed by atoms with Gasteiger partial charge in [0, 0.05) is 12.2 Å². The van der Waals surface area contributed by atoms with Crippen LogP contribution in [-0.2, 0) is 27.2 Å². The molecule has 0 saturated heterocycles. The van der Waals surface area contributed by atoms with Gasteiger partial charge in [0.2, 0.25) is 5.91 Å². The number of carbonyl (C=O) groups excluding carboxylic acids is 1. The molecule has 172 valence electrons. The predicted octanol–water partition coefficient (Wildman–Crippen LogP) is 1.89. The third-order valence-electron chi connectivity index (χ3n) is 4.35. The zero-order valence-corrected chi connectivity index (χ0v) is 16.6. The first kappa shape index (κ1) is 25.7. The number of rotatable bonds is 8. The van der Waals surface area contributed by atoms with Crippen LogP contribution in [0.3, 0.4) is 0 Å². The van der Waals surface area contributed by atoms with Gasteiger partial charge >= 0.3 is 18.1 Å². The van der Waals surface area contributed by atoms with E-state index in [1.54, 1.807) is 0 Å².